The van der Waals surface area contributed by atoms with Gasteiger partial charge in [-0.15, -0.1) is 0 Å². The van der Waals surface area contributed by atoms with Crippen LogP contribution < -0.4 is 14.4 Å². The van der Waals surface area contributed by atoms with Gasteiger partial charge >= 0.3 is 0 Å². The first-order valence-electron chi connectivity index (χ1n) is 9.33. The number of hydrogen-bond donors (Lipinski definition) is 1. The zero-order chi connectivity index (χ0) is 21.6. The molecule has 2 aromatic rings. The summed E-state index contributed by atoms with van der Waals surface area (Å²) in [4.78, 5) is 12.9. The number of amides is 1. The number of anilines is 1. The summed E-state index contributed by atoms with van der Waals surface area (Å²) in [6, 6.07) is 11.7. The van der Waals surface area contributed by atoms with Crippen LogP contribution in [0.25, 0.3) is 0 Å². The molecule has 0 aliphatic rings. The molecule has 0 bridgehead atoms. The van der Waals surface area contributed by atoms with Gasteiger partial charge in [0, 0.05) is 11.6 Å². The molecule has 2 aromatic carbocycles. The molecule has 0 spiro atoms. The molecule has 0 saturated carbocycles. The average molecular weight is 439 g/mol. The smallest absolute Gasteiger partial charge is 0.243 e. The van der Waals surface area contributed by atoms with E-state index in [0.717, 1.165) is 27.4 Å². The number of carbonyl (C=O) groups excluding carboxylic acids is 1. The van der Waals surface area contributed by atoms with Gasteiger partial charge < -0.3 is 10.1 Å². The maximum Gasteiger partial charge on any atom is 0.243 e. The lowest BCUT2D eigenvalue weighted by Gasteiger charge is -2.31. The highest BCUT2D eigenvalue weighted by Crippen LogP contribution is 2.29. The van der Waals surface area contributed by atoms with E-state index in [9.17, 15) is 13.2 Å². The monoisotopic (exact) mass is 438 g/mol. The van der Waals surface area contributed by atoms with Gasteiger partial charge in [-0.25, -0.2) is 8.42 Å². The normalized spacial score (nSPS) is 12.3. The van der Waals surface area contributed by atoms with E-state index in [1.807, 2.05) is 24.3 Å². The summed E-state index contributed by atoms with van der Waals surface area (Å²) in [7, 11) is -2.09. The number of benzene rings is 2. The Kier molecular flexibility index (Phi) is 7.93. The summed E-state index contributed by atoms with van der Waals surface area (Å²) in [5.41, 5.74) is 2.19. The van der Waals surface area contributed by atoms with Crippen molar-refractivity contribution in [1.82, 2.24) is 5.32 Å². The molecule has 158 valence electrons. The zero-order valence-corrected chi connectivity index (χ0v) is 18.7. The van der Waals surface area contributed by atoms with Crippen molar-refractivity contribution in [3.63, 3.8) is 0 Å². The SMILES string of the molecule is CCC(C(=O)NCCc1ccc(OC)cc1)N(c1cc(Cl)ccc1C)S(C)(=O)=O. The number of hydrogen-bond acceptors (Lipinski definition) is 4. The van der Waals surface area contributed by atoms with Crippen LogP contribution in [-0.4, -0.2) is 40.3 Å². The maximum atomic E-state index is 12.9. The molecule has 1 unspecified atom stereocenters. The van der Waals surface area contributed by atoms with Crippen LogP contribution in [0.4, 0.5) is 5.69 Å². The number of carbonyl (C=O) groups is 1. The number of aryl methyl sites for hydroxylation is 1. The highest BCUT2D eigenvalue weighted by Gasteiger charge is 2.32. The van der Waals surface area contributed by atoms with Crippen LogP contribution in [0.5, 0.6) is 5.75 Å². The minimum atomic E-state index is -3.70. The van der Waals surface area contributed by atoms with Crippen molar-refractivity contribution in [2.75, 3.05) is 24.2 Å². The lowest BCUT2D eigenvalue weighted by molar-refractivity contribution is -0.122. The Labute approximate surface area is 177 Å². The third-order valence-corrected chi connectivity index (χ3v) is 6.01. The van der Waals surface area contributed by atoms with Crippen molar-refractivity contribution in [1.29, 1.82) is 0 Å². The van der Waals surface area contributed by atoms with E-state index >= 15 is 0 Å². The van der Waals surface area contributed by atoms with Gasteiger partial charge in [-0.2, -0.15) is 0 Å². The van der Waals surface area contributed by atoms with Crippen LogP contribution in [0, 0.1) is 6.92 Å². The Balaban J connectivity index is 2.16. The average Bonchev–Trinajstić information content (AvgIpc) is 2.67. The van der Waals surface area contributed by atoms with Crippen molar-refractivity contribution in [2.24, 2.45) is 0 Å². The molecule has 1 amide bonds. The predicted molar refractivity (Wildman–Crippen MR) is 117 cm³/mol. The first-order chi connectivity index (χ1) is 13.7. The number of methoxy groups -OCH3 is 1. The van der Waals surface area contributed by atoms with Gasteiger partial charge in [-0.1, -0.05) is 36.7 Å². The fourth-order valence-corrected chi connectivity index (χ4v) is 4.52. The standard InChI is InChI=1S/C21H27ClN2O4S/c1-5-19(21(25)23-13-12-16-7-10-18(28-3)11-8-16)24(29(4,26)27)20-14-17(22)9-6-15(20)2/h6-11,14,19H,5,12-13H2,1-4H3,(H,23,25). The van der Waals surface area contributed by atoms with Gasteiger partial charge in [-0.05, 0) is 55.2 Å². The molecule has 0 aliphatic heterocycles. The van der Waals surface area contributed by atoms with Crippen molar-refractivity contribution >= 4 is 33.2 Å². The van der Waals surface area contributed by atoms with Gasteiger partial charge in [0.25, 0.3) is 0 Å². The number of halogens is 1. The van der Waals surface area contributed by atoms with E-state index in [1.54, 1.807) is 39.2 Å². The summed E-state index contributed by atoms with van der Waals surface area (Å²) in [5, 5.41) is 3.27. The fraction of sp³-hybridized carbons (Fsp3) is 0.381. The van der Waals surface area contributed by atoms with Crippen molar-refractivity contribution in [3.8, 4) is 5.75 Å². The Morgan fingerprint density at radius 1 is 1.21 bits per heavy atom. The Morgan fingerprint density at radius 3 is 2.41 bits per heavy atom. The quantitative estimate of drug-likeness (QED) is 0.649. The van der Waals surface area contributed by atoms with Crippen LogP contribution in [0.3, 0.4) is 0 Å². The van der Waals surface area contributed by atoms with Gasteiger partial charge in [-0.3, -0.25) is 9.10 Å². The molecular weight excluding hydrogens is 412 g/mol. The molecule has 0 radical (unpaired) electrons. The molecule has 0 fully saturated rings. The second-order valence-corrected chi connectivity index (χ2v) is 9.10. The predicted octanol–water partition coefficient (Wildman–Crippen LogP) is 3.56. The summed E-state index contributed by atoms with van der Waals surface area (Å²) >= 11 is 6.08. The molecule has 6 nitrogen and oxygen atoms in total. The van der Waals surface area contributed by atoms with E-state index < -0.39 is 16.1 Å². The topological polar surface area (TPSA) is 75.7 Å². The summed E-state index contributed by atoms with van der Waals surface area (Å²) in [6.45, 7) is 3.97. The highest BCUT2D eigenvalue weighted by molar-refractivity contribution is 7.92. The number of sulfonamides is 1. The summed E-state index contributed by atoms with van der Waals surface area (Å²) < 4.78 is 31.4. The van der Waals surface area contributed by atoms with E-state index in [4.69, 9.17) is 16.3 Å². The van der Waals surface area contributed by atoms with Gasteiger partial charge in [0.2, 0.25) is 15.9 Å². The van der Waals surface area contributed by atoms with Crippen molar-refractivity contribution in [2.45, 2.75) is 32.7 Å². The van der Waals surface area contributed by atoms with E-state index in [-0.39, 0.29) is 5.91 Å². The van der Waals surface area contributed by atoms with Crippen LogP contribution in [-0.2, 0) is 21.2 Å². The molecule has 29 heavy (non-hydrogen) atoms. The third-order valence-electron chi connectivity index (χ3n) is 4.61. The first kappa shape index (κ1) is 23.0. The molecule has 0 aliphatic carbocycles. The minimum absolute atomic E-state index is 0.327. The first-order valence-corrected chi connectivity index (χ1v) is 11.6. The molecule has 8 heteroatoms. The Bertz CT molecular complexity index is 946. The van der Waals surface area contributed by atoms with E-state index in [1.165, 1.54) is 0 Å². The molecular formula is C21H27ClN2O4S. The lowest BCUT2D eigenvalue weighted by atomic mass is 10.1. The number of rotatable bonds is 9. The van der Waals surface area contributed by atoms with Gasteiger partial charge in [0.1, 0.15) is 11.8 Å². The van der Waals surface area contributed by atoms with Crippen molar-refractivity contribution in [3.05, 3.63) is 58.6 Å². The van der Waals surface area contributed by atoms with Gasteiger partial charge in [0.15, 0.2) is 0 Å². The van der Waals surface area contributed by atoms with Gasteiger partial charge in [0.05, 0.1) is 19.1 Å². The number of nitrogens with one attached hydrogen (secondary N) is 1. The largest absolute Gasteiger partial charge is 0.497 e. The lowest BCUT2D eigenvalue weighted by Crippen LogP contribution is -2.49. The minimum Gasteiger partial charge on any atom is -0.497 e. The molecule has 0 saturated heterocycles. The third kappa shape index (κ3) is 6.11. The second kappa shape index (κ2) is 9.98. The number of ether oxygens (including phenoxy) is 1. The fourth-order valence-electron chi connectivity index (χ4n) is 3.10. The summed E-state index contributed by atoms with van der Waals surface area (Å²) in [5.74, 6) is 0.426. The van der Waals surface area contributed by atoms with Crippen LogP contribution in [0.15, 0.2) is 42.5 Å². The molecule has 0 heterocycles. The summed E-state index contributed by atoms with van der Waals surface area (Å²) in [6.07, 6.45) is 2.05. The molecule has 1 atom stereocenters. The van der Waals surface area contributed by atoms with E-state index in [2.05, 4.69) is 5.32 Å². The zero-order valence-electron chi connectivity index (χ0n) is 17.1. The number of nitrogens with zero attached hydrogens (tertiary/aromatic N) is 1. The van der Waals surface area contributed by atoms with Crippen molar-refractivity contribution < 1.29 is 17.9 Å². The molecule has 2 rings (SSSR count). The molecule has 1 N–H and O–H groups in total. The van der Waals surface area contributed by atoms with Crippen LogP contribution >= 0.6 is 11.6 Å². The second-order valence-electron chi connectivity index (χ2n) is 6.80. The maximum absolute atomic E-state index is 12.9. The van der Waals surface area contributed by atoms with Crippen LogP contribution in [0.2, 0.25) is 5.02 Å². The molecule has 0 aromatic heterocycles. The van der Waals surface area contributed by atoms with Crippen LogP contribution in [0.1, 0.15) is 24.5 Å². The Hall–Kier alpha value is -2.25. The Morgan fingerprint density at radius 2 is 1.86 bits per heavy atom. The highest BCUT2D eigenvalue weighted by atomic mass is 35.5. The van der Waals surface area contributed by atoms with E-state index in [0.29, 0.717) is 30.1 Å².